The molecule has 2 atom stereocenters. The van der Waals surface area contributed by atoms with Gasteiger partial charge in [0.25, 0.3) is 0 Å². The Morgan fingerprint density at radius 2 is 2.44 bits per heavy atom. The third kappa shape index (κ3) is 3.12. The van der Waals surface area contributed by atoms with Crippen LogP contribution in [-0.2, 0) is 11.2 Å². The number of likely N-dealkylation sites (tertiary alicyclic amines) is 1. The third-order valence-corrected chi connectivity index (χ3v) is 4.26. The van der Waals surface area contributed by atoms with Gasteiger partial charge in [-0.25, -0.2) is 0 Å². The molecule has 0 radical (unpaired) electrons. The quantitative estimate of drug-likeness (QED) is 0.857. The molecule has 1 amide bonds. The van der Waals surface area contributed by atoms with Crippen LogP contribution in [0.3, 0.4) is 0 Å². The van der Waals surface area contributed by atoms with Crippen LogP contribution < -0.4 is 5.32 Å². The second-order valence-electron chi connectivity index (χ2n) is 5.01. The minimum Gasteiger partial charge on any atom is -0.338 e. The predicted molar refractivity (Wildman–Crippen MR) is 75.9 cm³/mol. The van der Waals surface area contributed by atoms with Gasteiger partial charge < -0.3 is 10.2 Å². The van der Waals surface area contributed by atoms with Gasteiger partial charge in [0.05, 0.1) is 6.04 Å². The van der Waals surface area contributed by atoms with Crippen LogP contribution in [0.15, 0.2) is 16.8 Å². The summed E-state index contributed by atoms with van der Waals surface area (Å²) in [6.45, 7) is 6.11. The van der Waals surface area contributed by atoms with Crippen LogP contribution in [0, 0.1) is 0 Å². The third-order valence-electron chi connectivity index (χ3n) is 3.52. The van der Waals surface area contributed by atoms with Crippen molar-refractivity contribution in [2.45, 2.75) is 45.2 Å². The van der Waals surface area contributed by atoms with Crippen LogP contribution in [-0.4, -0.2) is 36.0 Å². The molecule has 0 saturated carbocycles. The highest BCUT2D eigenvalue weighted by Gasteiger charge is 2.33. The first-order chi connectivity index (χ1) is 8.72. The number of carbonyl (C=O) groups excluding carboxylic acids is 1. The highest BCUT2D eigenvalue weighted by atomic mass is 32.1. The Kier molecular flexibility index (Phi) is 4.78. The van der Waals surface area contributed by atoms with Gasteiger partial charge in [0.1, 0.15) is 0 Å². The second-order valence-corrected chi connectivity index (χ2v) is 5.79. The van der Waals surface area contributed by atoms with E-state index in [4.69, 9.17) is 0 Å². The van der Waals surface area contributed by atoms with E-state index >= 15 is 0 Å². The van der Waals surface area contributed by atoms with E-state index in [9.17, 15) is 4.79 Å². The Morgan fingerprint density at radius 1 is 1.61 bits per heavy atom. The molecule has 0 aliphatic carbocycles. The monoisotopic (exact) mass is 266 g/mol. The number of hydrogen-bond acceptors (Lipinski definition) is 3. The summed E-state index contributed by atoms with van der Waals surface area (Å²) in [5, 5.41) is 7.60. The van der Waals surface area contributed by atoms with Crippen molar-refractivity contribution in [3.63, 3.8) is 0 Å². The maximum absolute atomic E-state index is 12.2. The summed E-state index contributed by atoms with van der Waals surface area (Å²) in [6.07, 6.45) is 3.00. The lowest BCUT2D eigenvalue weighted by Gasteiger charge is -2.24. The lowest BCUT2D eigenvalue weighted by atomic mass is 10.1. The Hall–Kier alpha value is -0.870. The van der Waals surface area contributed by atoms with Crippen LogP contribution in [0.4, 0.5) is 0 Å². The Morgan fingerprint density at radius 3 is 3.11 bits per heavy atom. The van der Waals surface area contributed by atoms with Crippen LogP contribution in [0.1, 0.15) is 32.3 Å². The van der Waals surface area contributed by atoms with Crippen LogP contribution in [0.25, 0.3) is 0 Å². The summed E-state index contributed by atoms with van der Waals surface area (Å²) in [5.74, 6) is 0.283. The number of carbonyl (C=O) groups is 1. The van der Waals surface area contributed by atoms with E-state index in [1.54, 1.807) is 11.3 Å². The van der Waals surface area contributed by atoms with Crippen molar-refractivity contribution in [3.8, 4) is 0 Å². The number of hydrogen-bond donors (Lipinski definition) is 1. The number of rotatable bonds is 6. The zero-order valence-corrected chi connectivity index (χ0v) is 12.0. The van der Waals surface area contributed by atoms with Gasteiger partial charge in [-0.2, -0.15) is 11.3 Å². The normalized spacial score (nSPS) is 21.6. The van der Waals surface area contributed by atoms with Crippen molar-refractivity contribution in [1.82, 2.24) is 10.2 Å². The number of amides is 1. The van der Waals surface area contributed by atoms with Crippen molar-refractivity contribution in [3.05, 3.63) is 22.4 Å². The fraction of sp³-hybridized carbons (Fsp3) is 0.643. The molecule has 1 fully saturated rings. The minimum atomic E-state index is 0.0508. The van der Waals surface area contributed by atoms with Crippen molar-refractivity contribution in [2.75, 3.05) is 13.1 Å². The molecule has 1 aliphatic heterocycles. The molecule has 4 heteroatoms. The SMILES string of the molecule is CCCNC1CCN(C(C)Cc2ccsc2)C1=O. The van der Waals surface area contributed by atoms with Gasteiger partial charge in [-0.3, -0.25) is 4.79 Å². The van der Waals surface area contributed by atoms with Crippen molar-refractivity contribution in [1.29, 1.82) is 0 Å². The molecule has 1 saturated heterocycles. The number of thiophene rings is 1. The van der Waals surface area contributed by atoms with Gasteiger partial charge in [0.15, 0.2) is 0 Å². The first kappa shape index (κ1) is 13.6. The molecular weight excluding hydrogens is 244 g/mol. The van der Waals surface area contributed by atoms with Gasteiger partial charge in [0, 0.05) is 12.6 Å². The molecule has 18 heavy (non-hydrogen) atoms. The fourth-order valence-electron chi connectivity index (χ4n) is 2.51. The molecule has 0 aromatic carbocycles. The highest BCUT2D eigenvalue weighted by Crippen LogP contribution is 2.18. The fourth-order valence-corrected chi connectivity index (χ4v) is 3.19. The van der Waals surface area contributed by atoms with Gasteiger partial charge in [-0.15, -0.1) is 0 Å². The van der Waals surface area contributed by atoms with E-state index in [1.165, 1.54) is 5.56 Å². The molecule has 2 unspecified atom stereocenters. The van der Waals surface area contributed by atoms with E-state index < -0.39 is 0 Å². The maximum Gasteiger partial charge on any atom is 0.240 e. The second kappa shape index (κ2) is 6.34. The summed E-state index contributed by atoms with van der Waals surface area (Å²) in [6, 6.07) is 2.50. The molecule has 0 bridgehead atoms. The topological polar surface area (TPSA) is 32.3 Å². The molecule has 2 heterocycles. The summed E-state index contributed by atoms with van der Waals surface area (Å²) in [4.78, 5) is 14.3. The molecule has 1 N–H and O–H groups in total. The van der Waals surface area contributed by atoms with Gasteiger partial charge in [-0.1, -0.05) is 6.92 Å². The van der Waals surface area contributed by atoms with Crippen LogP contribution in [0.5, 0.6) is 0 Å². The Bertz CT molecular complexity index is 377. The smallest absolute Gasteiger partial charge is 0.240 e. The zero-order chi connectivity index (χ0) is 13.0. The maximum atomic E-state index is 12.2. The average Bonchev–Trinajstić information content (AvgIpc) is 2.97. The molecule has 3 nitrogen and oxygen atoms in total. The van der Waals surface area contributed by atoms with E-state index in [0.29, 0.717) is 6.04 Å². The predicted octanol–water partition coefficient (Wildman–Crippen LogP) is 2.28. The first-order valence-electron chi connectivity index (χ1n) is 6.77. The standard InChI is InChI=1S/C14H22N2OS/c1-3-6-15-13-4-7-16(14(13)17)11(2)9-12-5-8-18-10-12/h5,8,10-11,13,15H,3-4,6-7,9H2,1-2H3. The average molecular weight is 266 g/mol. The molecule has 100 valence electrons. The molecule has 1 aromatic rings. The minimum absolute atomic E-state index is 0.0508. The van der Waals surface area contributed by atoms with E-state index in [2.05, 4.69) is 36.0 Å². The Balaban J connectivity index is 1.88. The Labute approximate surface area is 113 Å². The summed E-state index contributed by atoms with van der Waals surface area (Å²) >= 11 is 1.72. The largest absolute Gasteiger partial charge is 0.338 e. The van der Waals surface area contributed by atoms with Crippen LogP contribution in [0.2, 0.25) is 0 Å². The molecular formula is C14H22N2OS. The van der Waals surface area contributed by atoms with Gasteiger partial charge in [-0.05, 0) is 55.1 Å². The first-order valence-corrected chi connectivity index (χ1v) is 7.71. The zero-order valence-electron chi connectivity index (χ0n) is 11.2. The molecule has 2 rings (SSSR count). The summed E-state index contributed by atoms with van der Waals surface area (Å²) < 4.78 is 0. The summed E-state index contributed by atoms with van der Waals surface area (Å²) in [7, 11) is 0. The van der Waals surface area contributed by atoms with Crippen molar-refractivity contribution in [2.24, 2.45) is 0 Å². The van der Waals surface area contributed by atoms with Crippen molar-refractivity contribution >= 4 is 17.2 Å². The lowest BCUT2D eigenvalue weighted by molar-refractivity contribution is -0.131. The van der Waals surface area contributed by atoms with E-state index in [0.717, 1.165) is 32.4 Å². The van der Waals surface area contributed by atoms with Gasteiger partial charge in [0.2, 0.25) is 5.91 Å². The van der Waals surface area contributed by atoms with E-state index in [1.807, 2.05) is 4.90 Å². The molecule has 1 aliphatic rings. The molecule has 1 aromatic heterocycles. The van der Waals surface area contributed by atoms with E-state index in [-0.39, 0.29) is 11.9 Å². The van der Waals surface area contributed by atoms with Gasteiger partial charge >= 0.3 is 0 Å². The van der Waals surface area contributed by atoms with Crippen molar-refractivity contribution < 1.29 is 4.79 Å². The number of nitrogens with one attached hydrogen (secondary N) is 1. The highest BCUT2D eigenvalue weighted by molar-refractivity contribution is 7.07. The number of nitrogens with zero attached hydrogens (tertiary/aromatic N) is 1. The lowest BCUT2D eigenvalue weighted by Crippen LogP contribution is -2.42. The molecule has 0 spiro atoms. The van der Waals surface area contributed by atoms with Crippen LogP contribution >= 0.6 is 11.3 Å². The summed E-state index contributed by atoms with van der Waals surface area (Å²) in [5.41, 5.74) is 1.34.